The van der Waals surface area contributed by atoms with Crippen LogP contribution in [0.25, 0.3) is 11.3 Å². The molecule has 0 saturated heterocycles. The van der Waals surface area contributed by atoms with Crippen molar-refractivity contribution in [1.82, 2.24) is 4.98 Å². The van der Waals surface area contributed by atoms with Crippen LogP contribution >= 0.6 is 11.3 Å². The van der Waals surface area contributed by atoms with Crippen LogP contribution in [0.4, 0.5) is 9.52 Å². The Morgan fingerprint density at radius 3 is 2.59 bits per heavy atom. The van der Waals surface area contributed by atoms with Crippen LogP contribution in [0.1, 0.15) is 5.56 Å². The van der Waals surface area contributed by atoms with Crippen LogP contribution in [0.2, 0.25) is 0 Å². The van der Waals surface area contributed by atoms with Crippen LogP contribution in [0.15, 0.2) is 60.0 Å². The molecule has 0 aliphatic rings. The molecule has 5 heteroatoms. The SMILES string of the molecule is O=C(Cc1ccccc1)Nc1nc(-c2ccccc2F)cs1. The molecular weight excluding hydrogens is 299 g/mol. The fourth-order valence-corrected chi connectivity index (χ4v) is 2.80. The van der Waals surface area contributed by atoms with E-state index in [0.29, 0.717) is 16.4 Å². The van der Waals surface area contributed by atoms with Gasteiger partial charge in [0.1, 0.15) is 5.82 Å². The highest BCUT2D eigenvalue weighted by Gasteiger charge is 2.11. The van der Waals surface area contributed by atoms with Crippen molar-refractivity contribution < 1.29 is 9.18 Å². The summed E-state index contributed by atoms with van der Waals surface area (Å²) in [6, 6.07) is 15.9. The molecule has 0 radical (unpaired) electrons. The summed E-state index contributed by atoms with van der Waals surface area (Å²) in [5.74, 6) is -0.462. The first-order chi connectivity index (χ1) is 10.7. The molecular formula is C17H13FN2OS. The number of carbonyl (C=O) groups excluding carboxylic acids is 1. The Balaban J connectivity index is 1.70. The predicted octanol–water partition coefficient (Wildman–Crippen LogP) is 4.13. The molecule has 2 aromatic carbocycles. The van der Waals surface area contributed by atoms with Gasteiger partial charge >= 0.3 is 0 Å². The van der Waals surface area contributed by atoms with Crippen LogP contribution in [0, 0.1) is 5.82 Å². The molecule has 0 spiro atoms. The summed E-state index contributed by atoms with van der Waals surface area (Å²) in [5, 5.41) is 4.95. The van der Waals surface area contributed by atoms with Crippen LogP contribution in [0.3, 0.4) is 0 Å². The lowest BCUT2D eigenvalue weighted by Crippen LogP contribution is -2.14. The van der Waals surface area contributed by atoms with Gasteiger partial charge in [0.05, 0.1) is 12.1 Å². The number of rotatable bonds is 4. The fourth-order valence-electron chi connectivity index (χ4n) is 2.07. The number of hydrogen-bond donors (Lipinski definition) is 1. The predicted molar refractivity (Wildman–Crippen MR) is 86.3 cm³/mol. The fraction of sp³-hybridized carbons (Fsp3) is 0.0588. The Hall–Kier alpha value is -2.53. The highest BCUT2D eigenvalue weighted by molar-refractivity contribution is 7.14. The van der Waals surface area contributed by atoms with Gasteiger partial charge < -0.3 is 5.32 Å². The highest BCUT2D eigenvalue weighted by atomic mass is 32.1. The van der Waals surface area contributed by atoms with E-state index in [0.717, 1.165) is 5.56 Å². The molecule has 1 aromatic heterocycles. The van der Waals surface area contributed by atoms with Gasteiger partial charge in [-0.05, 0) is 17.7 Å². The smallest absolute Gasteiger partial charge is 0.230 e. The van der Waals surface area contributed by atoms with Gasteiger partial charge in [-0.1, -0.05) is 42.5 Å². The molecule has 0 aliphatic carbocycles. The molecule has 0 aliphatic heterocycles. The Bertz CT molecular complexity index is 786. The second-order valence-corrected chi connectivity index (χ2v) is 5.59. The van der Waals surface area contributed by atoms with Crippen LogP contribution < -0.4 is 5.32 Å². The van der Waals surface area contributed by atoms with E-state index >= 15 is 0 Å². The number of carbonyl (C=O) groups is 1. The molecule has 1 N–H and O–H groups in total. The van der Waals surface area contributed by atoms with Crippen LogP contribution in [-0.4, -0.2) is 10.9 Å². The second kappa shape index (κ2) is 6.49. The third-order valence-electron chi connectivity index (χ3n) is 3.11. The van der Waals surface area contributed by atoms with E-state index in [1.54, 1.807) is 23.6 Å². The highest BCUT2D eigenvalue weighted by Crippen LogP contribution is 2.26. The molecule has 3 nitrogen and oxygen atoms in total. The van der Waals surface area contributed by atoms with Crippen molar-refractivity contribution >= 4 is 22.4 Å². The van der Waals surface area contributed by atoms with Crippen molar-refractivity contribution in [2.45, 2.75) is 6.42 Å². The van der Waals surface area contributed by atoms with Crippen molar-refractivity contribution in [1.29, 1.82) is 0 Å². The van der Waals surface area contributed by atoms with E-state index in [2.05, 4.69) is 10.3 Å². The van der Waals surface area contributed by atoms with Crippen LogP contribution in [0.5, 0.6) is 0 Å². The average Bonchev–Trinajstić information content (AvgIpc) is 2.97. The average molecular weight is 312 g/mol. The van der Waals surface area contributed by atoms with Gasteiger partial charge in [0, 0.05) is 10.9 Å². The molecule has 0 saturated carbocycles. The van der Waals surface area contributed by atoms with E-state index in [1.165, 1.54) is 17.4 Å². The summed E-state index contributed by atoms with van der Waals surface area (Å²) >= 11 is 1.28. The lowest BCUT2D eigenvalue weighted by atomic mass is 10.1. The number of amides is 1. The number of nitrogens with one attached hydrogen (secondary N) is 1. The Morgan fingerprint density at radius 1 is 1.09 bits per heavy atom. The van der Waals surface area contributed by atoms with Crippen molar-refractivity contribution in [3.8, 4) is 11.3 Å². The van der Waals surface area contributed by atoms with E-state index in [4.69, 9.17) is 0 Å². The Labute approximate surface area is 131 Å². The minimum Gasteiger partial charge on any atom is -0.302 e. The number of anilines is 1. The van der Waals surface area contributed by atoms with Gasteiger partial charge in [-0.25, -0.2) is 9.37 Å². The molecule has 1 amide bonds. The zero-order valence-corrected chi connectivity index (χ0v) is 12.4. The largest absolute Gasteiger partial charge is 0.302 e. The van der Waals surface area contributed by atoms with E-state index in [-0.39, 0.29) is 18.1 Å². The maximum Gasteiger partial charge on any atom is 0.230 e. The lowest BCUT2D eigenvalue weighted by molar-refractivity contribution is -0.115. The third-order valence-corrected chi connectivity index (χ3v) is 3.87. The normalized spacial score (nSPS) is 10.4. The summed E-state index contributed by atoms with van der Waals surface area (Å²) in [6.07, 6.45) is 0.287. The minimum atomic E-state index is -0.324. The summed E-state index contributed by atoms with van der Waals surface area (Å²) < 4.78 is 13.7. The summed E-state index contributed by atoms with van der Waals surface area (Å²) in [6.45, 7) is 0. The molecule has 0 bridgehead atoms. The number of nitrogens with zero attached hydrogens (tertiary/aromatic N) is 1. The first kappa shape index (κ1) is 14.4. The number of aromatic nitrogens is 1. The van der Waals surface area contributed by atoms with Crippen molar-refractivity contribution in [3.05, 3.63) is 71.4 Å². The number of hydrogen-bond acceptors (Lipinski definition) is 3. The molecule has 3 aromatic rings. The Morgan fingerprint density at radius 2 is 1.82 bits per heavy atom. The molecule has 110 valence electrons. The topological polar surface area (TPSA) is 42.0 Å². The quantitative estimate of drug-likeness (QED) is 0.787. The molecule has 1 heterocycles. The van der Waals surface area contributed by atoms with Gasteiger partial charge in [0.25, 0.3) is 0 Å². The van der Waals surface area contributed by atoms with Crippen molar-refractivity contribution in [3.63, 3.8) is 0 Å². The molecule has 22 heavy (non-hydrogen) atoms. The van der Waals surface area contributed by atoms with E-state index < -0.39 is 0 Å². The van der Waals surface area contributed by atoms with Gasteiger partial charge in [-0.2, -0.15) is 0 Å². The lowest BCUT2D eigenvalue weighted by Gasteiger charge is -2.02. The molecule has 3 rings (SSSR count). The number of thiazole rings is 1. The van der Waals surface area contributed by atoms with Crippen LogP contribution in [-0.2, 0) is 11.2 Å². The van der Waals surface area contributed by atoms with Gasteiger partial charge in [-0.3, -0.25) is 4.79 Å². The number of halogens is 1. The summed E-state index contributed by atoms with van der Waals surface area (Å²) in [4.78, 5) is 16.2. The molecule has 0 atom stereocenters. The Kier molecular flexibility index (Phi) is 4.25. The third kappa shape index (κ3) is 3.38. The first-order valence-corrected chi connectivity index (χ1v) is 7.64. The van der Waals surface area contributed by atoms with E-state index in [9.17, 15) is 9.18 Å². The minimum absolute atomic E-state index is 0.138. The van der Waals surface area contributed by atoms with Crippen molar-refractivity contribution in [2.75, 3.05) is 5.32 Å². The molecule has 0 fully saturated rings. The second-order valence-electron chi connectivity index (χ2n) is 4.73. The van der Waals surface area contributed by atoms with Gasteiger partial charge in [0.2, 0.25) is 5.91 Å². The first-order valence-electron chi connectivity index (χ1n) is 6.76. The zero-order valence-electron chi connectivity index (χ0n) is 11.6. The standard InChI is InChI=1S/C17H13FN2OS/c18-14-9-5-4-8-13(14)15-11-22-17(19-15)20-16(21)10-12-6-2-1-3-7-12/h1-9,11H,10H2,(H,19,20,21). The maximum atomic E-state index is 13.7. The van der Waals surface area contributed by atoms with E-state index in [1.807, 2.05) is 30.3 Å². The number of benzene rings is 2. The maximum absolute atomic E-state index is 13.7. The van der Waals surface area contributed by atoms with Gasteiger partial charge in [0.15, 0.2) is 5.13 Å². The van der Waals surface area contributed by atoms with Gasteiger partial charge in [-0.15, -0.1) is 11.3 Å². The summed E-state index contributed by atoms with van der Waals surface area (Å²) in [7, 11) is 0. The molecule has 0 unspecified atom stereocenters. The summed E-state index contributed by atoms with van der Waals surface area (Å²) in [5.41, 5.74) is 1.89. The monoisotopic (exact) mass is 312 g/mol. The van der Waals surface area contributed by atoms with Crippen molar-refractivity contribution in [2.24, 2.45) is 0 Å². The zero-order chi connectivity index (χ0) is 15.4.